The molecule has 0 amide bonds. The number of rotatable bonds is 2. The van der Waals surface area contributed by atoms with E-state index in [-0.39, 0.29) is 4.90 Å². The Kier molecular flexibility index (Phi) is 3.75. The first-order chi connectivity index (χ1) is 7.23. The molecular formula is C9H6ClF3O2S. The molecule has 0 radical (unpaired) electrons. The second-order valence-electron chi connectivity index (χ2n) is 2.93. The van der Waals surface area contributed by atoms with Crippen molar-refractivity contribution in [2.24, 2.45) is 0 Å². The summed E-state index contributed by atoms with van der Waals surface area (Å²) in [5.74, 6) is 0. The summed E-state index contributed by atoms with van der Waals surface area (Å²) in [6.45, 7) is 0. The SMILES string of the molecule is CS(=O)c1ccc(C(=O)Cl)c(C(F)(F)F)c1. The van der Waals surface area contributed by atoms with Crippen LogP contribution in [0.5, 0.6) is 0 Å². The quantitative estimate of drug-likeness (QED) is 0.775. The summed E-state index contributed by atoms with van der Waals surface area (Å²) in [5.41, 5.74) is -1.80. The van der Waals surface area contributed by atoms with Crippen molar-refractivity contribution in [3.05, 3.63) is 29.3 Å². The minimum absolute atomic E-state index is 0.00556. The highest BCUT2D eigenvalue weighted by molar-refractivity contribution is 7.84. The Hall–Kier alpha value is -0.880. The second kappa shape index (κ2) is 4.55. The summed E-state index contributed by atoms with van der Waals surface area (Å²) in [6.07, 6.45) is -3.45. The van der Waals surface area contributed by atoms with E-state index in [9.17, 15) is 22.2 Å². The summed E-state index contributed by atoms with van der Waals surface area (Å²) in [7, 11) is -1.55. The minimum atomic E-state index is -4.70. The molecule has 1 unspecified atom stereocenters. The summed E-state index contributed by atoms with van der Waals surface area (Å²) in [5, 5.41) is -1.19. The number of hydrogen-bond acceptors (Lipinski definition) is 2. The molecule has 0 spiro atoms. The van der Waals surface area contributed by atoms with Crippen molar-refractivity contribution in [3.63, 3.8) is 0 Å². The highest BCUT2D eigenvalue weighted by atomic mass is 35.5. The Morgan fingerprint density at radius 2 is 1.94 bits per heavy atom. The van der Waals surface area contributed by atoms with E-state index in [1.165, 1.54) is 12.3 Å². The van der Waals surface area contributed by atoms with Gasteiger partial charge in [0.05, 0.1) is 5.56 Å². The zero-order chi connectivity index (χ0) is 12.5. The Bertz CT molecular complexity index is 457. The van der Waals surface area contributed by atoms with Gasteiger partial charge in [-0.25, -0.2) is 0 Å². The third-order valence-corrected chi connectivity index (χ3v) is 2.96. The van der Waals surface area contributed by atoms with E-state index in [4.69, 9.17) is 11.6 Å². The molecule has 88 valence electrons. The fraction of sp³-hybridized carbons (Fsp3) is 0.222. The molecule has 0 bridgehead atoms. The van der Waals surface area contributed by atoms with Crippen LogP contribution in [0.15, 0.2) is 23.1 Å². The topological polar surface area (TPSA) is 34.1 Å². The lowest BCUT2D eigenvalue weighted by Crippen LogP contribution is -2.11. The molecule has 7 heteroatoms. The van der Waals surface area contributed by atoms with Gasteiger partial charge in [-0.15, -0.1) is 0 Å². The van der Waals surface area contributed by atoms with Gasteiger partial charge in [0.1, 0.15) is 0 Å². The molecule has 1 aromatic rings. The third kappa shape index (κ3) is 2.82. The largest absolute Gasteiger partial charge is 0.417 e. The van der Waals surface area contributed by atoms with Crippen LogP contribution in [0, 0.1) is 0 Å². The van der Waals surface area contributed by atoms with Gasteiger partial charge in [0.15, 0.2) is 0 Å². The van der Waals surface area contributed by atoms with Crippen LogP contribution in [0.25, 0.3) is 0 Å². The van der Waals surface area contributed by atoms with E-state index < -0.39 is 33.3 Å². The lowest BCUT2D eigenvalue weighted by molar-refractivity contribution is -0.138. The molecule has 0 N–H and O–H groups in total. The van der Waals surface area contributed by atoms with Gasteiger partial charge in [-0.2, -0.15) is 13.2 Å². The molecule has 1 aromatic carbocycles. The van der Waals surface area contributed by atoms with Crippen LogP contribution >= 0.6 is 11.6 Å². The number of carbonyl (C=O) groups is 1. The van der Waals surface area contributed by atoms with E-state index >= 15 is 0 Å². The maximum absolute atomic E-state index is 12.5. The summed E-state index contributed by atoms with van der Waals surface area (Å²) >= 11 is 5.03. The van der Waals surface area contributed by atoms with Crippen molar-refractivity contribution in [3.8, 4) is 0 Å². The first-order valence-electron chi connectivity index (χ1n) is 3.98. The van der Waals surface area contributed by atoms with Crippen molar-refractivity contribution >= 4 is 27.6 Å². The predicted molar refractivity (Wildman–Crippen MR) is 54.0 cm³/mol. The standard InChI is InChI=1S/C9H6ClF3O2S/c1-16(15)5-2-3-6(8(10)14)7(4-5)9(11,12)13/h2-4H,1H3. The van der Waals surface area contributed by atoms with E-state index in [0.29, 0.717) is 6.07 Å². The lowest BCUT2D eigenvalue weighted by atomic mass is 10.1. The molecule has 0 fully saturated rings. The molecule has 0 aliphatic carbocycles. The number of benzene rings is 1. The smallest absolute Gasteiger partial charge is 0.276 e. The molecule has 0 saturated carbocycles. The first-order valence-corrected chi connectivity index (χ1v) is 5.91. The van der Waals surface area contributed by atoms with Crippen molar-refractivity contribution in [1.82, 2.24) is 0 Å². The van der Waals surface area contributed by atoms with Crippen LogP contribution in [0.4, 0.5) is 13.2 Å². The number of hydrogen-bond donors (Lipinski definition) is 0. The average molecular weight is 271 g/mol. The fourth-order valence-electron chi connectivity index (χ4n) is 1.11. The zero-order valence-electron chi connectivity index (χ0n) is 7.97. The molecule has 0 aliphatic rings. The molecule has 0 heterocycles. The van der Waals surface area contributed by atoms with Crippen LogP contribution in [-0.4, -0.2) is 15.7 Å². The van der Waals surface area contributed by atoms with E-state index in [1.54, 1.807) is 0 Å². The van der Waals surface area contributed by atoms with Gasteiger partial charge in [-0.1, -0.05) is 0 Å². The highest BCUT2D eigenvalue weighted by Crippen LogP contribution is 2.33. The second-order valence-corrected chi connectivity index (χ2v) is 4.66. The summed E-state index contributed by atoms with van der Waals surface area (Å²) in [6, 6.07) is 2.78. The number of carbonyl (C=O) groups excluding carboxylic acids is 1. The van der Waals surface area contributed by atoms with Crippen LogP contribution in [0.2, 0.25) is 0 Å². The van der Waals surface area contributed by atoms with E-state index in [1.807, 2.05) is 0 Å². The van der Waals surface area contributed by atoms with E-state index in [2.05, 4.69) is 0 Å². The van der Waals surface area contributed by atoms with Crippen LogP contribution in [0.1, 0.15) is 15.9 Å². The Balaban J connectivity index is 3.45. The lowest BCUT2D eigenvalue weighted by Gasteiger charge is -2.11. The fourth-order valence-corrected chi connectivity index (χ4v) is 1.82. The van der Waals surface area contributed by atoms with E-state index in [0.717, 1.165) is 6.07 Å². The Morgan fingerprint density at radius 1 is 1.38 bits per heavy atom. The van der Waals surface area contributed by atoms with Crippen molar-refractivity contribution in [1.29, 1.82) is 0 Å². The number of halogens is 4. The molecule has 1 rings (SSSR count). The number of alkyl halides is 3. The summed E-state index contributed by atoms with van der Waals surface area (Å²) in [4.78, 5) is 10.8. The van der Waals surface area contributed by atoms with Crippen molar-refractivity contribution in [2.45, 2.75) is 11.1 Å². The zero-order valence-corrected chi connectivity index (χ0v) is 9.54. The van der Waals surface area contributed by atoms with Gasteiger partial charge in [-0.05, 0) is 29.8 Å². The molecule has 0 saturated heterocycles. The maximum Gasteiger partial charge on any atom is 0.417 e. The van der Waals surface area contributed by atoms with Gasteiger partial charge >= 0.3 is 6.18 Å². The van der Waals surface area contributed by atoms with Gasteiger partial charge in [0.25, 0.3) is 5.24 Å². The first kappa shape index (κ1) is 13.2. The van der Waals surface area contributed by atoms with Gasteiger partial charge < -0.3 is 0 Å². The van der Waals surface area contributed by atoms with Crippen LogP contribution in [0.3, 0.4) is 0 Å². The van der Waals surface area contributed by atoms with Crippen LogP contribution in [-0.2, 0) is 17.0 Å². The maximum atomic E-state index is 12.5. The molecule has 0 aromatic heterocycles. The van der Waals surface area contributed by atoms with Gasteiger partial charge in [-0.3, -0.25) is 9.00 Å². The monoisotopic (exact) mass is 270 g/mol. The Labute approximate surface area is 96.9 Å². The molecule has 16 heavy (non-hydrogen) atoms. The Morgan fingerprint density at radius 3 is 2.31 bits per heavy atom. The normalized spacial score (nSPS) is 13.6. The molecule has 1 atom stereocenters. The van der Waals surface area contributed by atoms with Gasteiger partial charge in [0.2, 0.25) is 0 Å². The third-order valence-electron chi connectivity index (χ3n) is 1.84. The molecular weight excluding hydrogens is 265 g/mol. The summed E-state index contributed by atoms with van der Waals surface area (Å²) < 4.78 is 48.7. The van der Waals surface area contributed by atoms with Crippen molar-refractivity contribution in [2.75, 3.05) is 6.26 Å². The predicted octanol–water partition coefficient (Wildman–Crippen LogP) is 2.82. The average Bonchev–Trinajstić information content (AvgIpc) is 2.15. The highest BCUT2D eigenvalue weighted by Gasteiger charge is 2.35. The van der Waals surface area contributed by atoms with Gasteiger partial charge in [0, 0.05) is 27.5 Å². The van der Waals surface area contributed by atoms with Crippen molar-refractivity contribution < 1.29 is 22.2 Å². The molecule has 2 nitrogen and oxygen atoms in total. The van der Waals surface area contributed by atoms with Crippen LogP contribution < -0.4 is 0 Å². The minimum Gasteiger partial charge on any atom is -0.276 e. The molecule has 0 aliphatic heterocycles.